The van der Waals surface area contributed by atoms with Crippen molar-refractivity contribution in [2.45, 2.75) is 32.6 Å². The highest BCUT2D eigenvalue weighted by atomic mass is 79.9. The second-order valence-electron chi connectivity index (χ2n) is 8.50. The summed E-state index contributed by atoms with van der Waals surface area (Å²) < 4.78 is 26.9. The van der Waals surface area contributed by atoms with E-state index in [0.717, 1.165) is 63.1 Å². The summed E-state index contributed by atoms with van der Waals surface area (Å²) in [7, 11) is 0. The maximum absolute atomic E-state index is 13.4. The van der Waals surface area contributed by atoms with Gasteiger partial charge in [0.25, 0.3) is 0 Å². The fourth-order valence-corrected chi connectivity index (χ4v) is 4.21. The van der Waals surface area contributed by atoms with Crippen molar-refractivity contribution in [2.24, 2.45) is 11.8 Å². The summed E-state index contributed by atoms with van der Waals surface area (Å²) in [5.74, 6) is 0.574. The van der Waals surface area contributed by atoms with Crippen LogP contribution in [0.15, 0.2) is 45.3 Å². The van der Waals surface area contributed by atoms with Crippen molar-refractivity contribution >= 4 is 37.5 Å². The lowest BCUT2D eigenvalue weighted by Crippen LogP contribution is -2.34. The molecule has 2 aromatic carbocycles. The Morgan fingerprint density at radius 3 is 1.82 bits per heavy atom. The molecule has 33 heavy (non-hydrogen) atoms. The fourth-order valence-electron chi connectivity index (χ4n) is 3.72. The van der Waals surface area contributed by atoms with Gasteiger partial charge >= 0.3 is 0 Å². The van der Waals surface area contributed by atoms with Crippen LogP contribution < -0.4 is 10.2 Å². The number of anilines is 1. The summed E-state index contributed by atoms with van der Waals surface area (Å²) in [6.07, 6.45) is 4.26. The summed E-state index contributed by atoms with van der Waals surface area (Å²) in [4.78, 5) is 2.17. The summed E-state index contributed by atoms with van der Waals surface area (Å²) in [6, 6.07) is 10.3. The van der Waals surface area contributed by atoms with Crippen molar-refractivity contribution in [3.63, 3.8) is 0 Å². The van der Waals surface area contributed by atoms with E-state index in [1.165, 1.54) is 6.07 Å². The van der Waals surface area contributed by atoms with Gasteiger partial charge in [0.2, 0.25) is 0 Å². The lowest BCUT2D eigenvalue weighted by Gasteiger charge is -2.32. The first-order chi connectivity index (χ1) is 15.8. The van der Waals surface area contributed by atoms with Crippen LogP contribution in [0.4, 0.5) is 14.5 Å². The summed E-state index contributed by atoms with van der Waals surface area (Å²) in [5, 5.41) is 20.9. The van der Waals surface area contributed by atoms with Crippen LogP contribution in [0.2, 0.25) is 0 Å². The molecule has 8 heteroatoms. The summed E-state index contributed by atoms with van der Waals surface area (Å²) in [5.41, 5.74) is 1.87. The van der Waals surface area contributed by atoms with Crippen molar-refractivity contribution in [1.82, 2.24) is 5.32 Å². The number of halogens is 4. The fraction of sp³-hybridized carbons (Fsp3) is 0.520. The summed E-state index contributed by atoms with van der Waals surface area (Å²) in [6.45, 7) is 6.47. The average molecular weight is 592 g/mol. The van der Waals surface area contributed by atoms with Gasteiger partial charge in [0, 0.05) is 32.0 Å². The van der Waals surface area contributed by atoms with E-state index in [1.54, 1.807) is 18.2 Å². The van der Waals surface area contributed by atoms with Crippen molar-refractivity contribution < 1.29 is 19.0 Å². The van der Waals surface area contributed by atoms with Gasteiger partial charge in [0.15, 0.2) is 0 Å². The molecule has 2 aliphatic rings. The lowest BCUT2D eigenvalue weighted by molar-refractivity contribution is 0.196. The Labute approximate surface area is 212 Å². The minimum atomic E-state index is -0.221. The molecule has 0 amide bonds. The zero-order valence-corrected chi connectivity index (χ0v) is 22.2. The Hall–Kier alpha value is -1.06. The number of benzene rings is 2. The lowest BCUT2D eigenvalue weighted by atomic mass is 9.97. The molecule has 2 heterocycles. The molecule has 2 aliphatic heterocycles. The zero-order valence-electron chi connectivity index (χ0n) is 19.0. The smallest absolute Gasteiger partial charge is 0.139 e. The third kappa shape index (κ3) is 9.99. The number of hydrogen-bond acceptors (Lipinski definition) is 4. The molecule has 2 fully saturated rings. The molecule has 0 unspecified atom stereocenters. The number of hydrogen-bond donors (Lipinski definition) is 3. The van der Waals surface area contributed by atoms with Crippen LogP contribution in [0.1, 0.15) is 31.2 Å². The van der Waals surface area contributed by atoms with E-state index in [1.807, 2.05) is 19.1 Å². The van der Waals surface area contributed by atoms with E-state index in [4.69, 9.17) is 10.2 Å². The third-order valence-corrected chi connectivity index (χ3v) is 7.22. The molecule has 2 aromatic rings. The maximum Gasteiger partial charge on any atom is 0.139 e. The molecule has 0 aromatic heterocycles. The number of rotatable bonds is 3. The number of nitrogens with zero attached hydrogens (tertiary/aromatic N) is 1. The van der Waals surface area contributed by atoms with Crippen LogP contribution >= 0.6 is 31.9 Å². The standard InChI is InChI=1S/C12H15BrFNO.C7H6BrF.C6H13NO/c13-11-2-1-10(7-12(11)14)15-5-3-9(8-16)4-6-15;1-5-2-3-6(8)7(9)4-5;8-5-6-1-3-7-4-2-6/h1-2,7,9,16H,3-6,8H2;2-4H,1H3;6-8H,1-5H2. The molecule has 0 radical (unpaired) electrons. The average Bonchev–Trinajstić information content (AvgIpc) is 2.85. The monoisotopic (exact) mass is 590 g/mol. The molecule has 0 bridgehead atoms. The molecule has 0 saturated carbocycles. The van der Waals surface area contributed by atoms with Crippen LogP contribution in [-0.2, 0) is 0 Å². The van der Waals surface area contributed by atoms with Crippen molar-refractivity contribution in [1.29, 1.82) is 0 Å². The van der Waals surface area contributed by atoms with Gasteiger partial charge in [0.1, 0.15) is 11.6 Å². The Bertz CT molecular complexity index is 843. The second kappa shape index (κ2) is 15.0. The molecule has 0 spiro atoms. The van der Waals surface area contributed by atoms with E-state index >= 15 is 0 Å². The number of aliphatic hydroxyl groups excluding tert-OH is 2. The Balaban J connectivity index is 0.000000192. The zero-order chi connectivity index (χ0) is 24.2. The van der Waals surface area contributed by atoms with Crippen molar-refractivity contribution in [2.75, 3.05) is 44.3 Å². The SMILES string of the molecule is Cc1ccc(Br)c(F)c1.OCC1CCN(c2ccc(Br)c(F)c2)CC1.OCC1CCNCC1. The first-order valence-corrected chi connectivity index (χ1v) is 13.0. The van der Waals surface area contributed by atoms with Gasteiger partial charge in [-0.15, -0.1) is 0 Å². The number of piperidine rings is 2. The van der Waals surface area contributed by atoms with E-state index < -0.39 is 0 Å². The highest BCUT2D eigenvalue weighted by molar-refractivity contribution is 9.10. The Kier molecular flexibility index (Phi) is 12.8. The van der Waals surface area contributed by atoms with Crippen LogP contribution in [0.3, 0.4) is 0 Å². The molecular formula is C25H34Br2F2N2O2. The number of aliphatic hydroxyl groups is 2. The minimum absolute atomic E-state index is 0.199. The predicted molar refractivity (Wildman–Crippen MR) is 138 cm³/mol. The minimum Gasteiger partial charge on any atom is -0.396 e. The normalized spacial score (nSPS) is 17.0. The Morgan fingerprint density at radius 1 is 0.848 bits per heavy atom. The molecule has 0 aliphatic carbocycles. The first kappa shape index (κ1) is 28.2. The summed E-state index contributed by atoms with van der Waals surface area (Å²) >= 11 is 6.20. The van der Waals surface area contributed by atoms with Crippen LogP contribution in [0.5, 0.6) is 0 Å². The van der Waals surface area contributed by atoms with Crippen molar-refractivity contribution in [3.05, 3.63) is 62.5 Å². The molecule has 4 rings (SSSR count). The van der Waals surface area contributed by atoms with Gasteiger partial charge in [0.05, 0.1) is 8.95 Å². The van der Waals surface area contributed by atoms with Crippen LogP contribution in [-0.4, -0.2) is 49.6 Å². The molecule has 0 atom stereocenters. The largest absolute Gasteiger partial charge is 0.396 e. The van der Waals surface area contributed by atoms with Gasteiger partial charge < -0.3 is 20.4 Å². The van der Waals surface area contributed by atoms with E-state index in [0.29, 0.717) is 27.4 Å². The van der Waals surface area contributed by atoms with Gasteiger partial charge in [-0.25, -0.2) is 8.78 Å². The second-order valence-corrected chi connectivity index (χ2v) is 10.2. The van der Waals surface area contributed by atoms with Crippen LogP contribution in [0.25, 0.3) is 0 Å². The first-order valence-electron chi connectivity index (χ1n) is 11.4. The predicted octanol–water partition coefficient (Wildman–Crippen LogP) is 5.67. The molecule has 184 valence electrons. The van der Waals surface area contributed by atoms with Crippen LogP contribution in [0, 0.1) is 30.4 Å². The molecule has 4 nitrogen and oxygen atoms in total. The highest BCUT2D eigenvalue weighted by Crippen LogP contribution is 2.26. The van der Waals surface area contributed by atoms with Gasteiger partial charge in [-0.05, 0) is 125 Å². The van der Waals surface area contributed by atoms with E-state index in [2.05, 4.69) is 42.1 Å². The van der Waals surface area contributed by atoms with Gasteiger partial charge in [-0.2, -0.15) is 0 Å². The van der Waals surface area contributed by atoms with E-state index in [9.17, 15) is 8.78 Å². The number of nitrogens with one attached hydrogen (secondary N) is 1. The quantitative estimate of drug-likeness (QED) is 0.430. The Morgan fingerprint density at radius 2 is 1.36 bits per heavy atom. The highest BCUT2D eigenvalue weighted by Gasteiger charge is 2.19. The van der Waals surface area contributed by atoms with Gasteiger partial charge in [-0.3, -0.25) is 0 Å². The molecular weight excluding hydrogens is 558 g/mol. The molecule has 3 N–H and O–H groups in total. The topological polar surface area (TPSA) is 55.7 Å². The van der Waals surface area contributed by atoms with Crippen molar-refractivity contribution in [3.8, 4) is 0 Å². The van der Waals surface area contributed by atoms with E-state index in [-0.39, 0.29) is 18.2 Å². The molecule has 2 saturated heterocycles. The third-order valence-electron chi connectivity index (χ3n) is 5.93. The maximum atomic E-state index is 13.4. The van der Waals surface area contributed by atoms with Gasteiger partial charge in [-0.1, -0.05) is 6.07 Å². The number of aryl methyl sites for hydroxylation is 1.